The van der Waals surface area contributed by atoms with Crippen LogP contribution in [0.3, 0.4) is 0 Å². The first-order valence-corrected chi connectivity index (χ1v) is 22.5. The highest BCUT2D eigenvalue weighted by Gasteiger charge is 2.39. The van der Waals surface area contributed by atoms with Crippen molar-refractivity contribution in [1.82, 2.24) is 0 Å². The van der Waals surface area contributed by atoms with Crippen molar-refractivity contribution >= 4 is 62.1 Å². The molecule has 8 aromatic carbocycles. The first-order valence-electron chi connectivity index (χ1n) is 22.5. The Bertz CT molecular complexity index is 3330. The zero-order chi connectivity index (χ0) is 45.3. The van der Waals surface area contributed by atoms with Crippen LogP contribution in [0.15, 0.2) is 224 Å². The van der Waals surface area contributed by atoms with E-state index in [1.807, 2.05) is 212 Å². The van der Waals surface area contributed by atoms with Crippen LogP contribution in [-0.4, -0.2) is 17.5 Å². The Balaban J connectivity index is 1.04. The second-order valence-electron chi connectivity index (χ2n) is 16.7. The Kier molecular flexibility index (Phi) is 10.9. The SMILES string of the molecule is O=C1CCC(c2cc(Oc3ccc(C4=C(c5ccccc5)C(=O)C(c5ccccc5)=C4c4ccccc4)cc3)ccc2C2=C(c3ccccc3)C(=O)C(c3ccccc3)=C2c2ccccc2)O1. The average molecular weight is 867 g/mol. The summed E-state index contributed by atoms with van der Waals surface area (Å²) in [6.07, 6.45) is 0.212. The number of hydrogen-bond donors (Lipinski definition) is 0. The molecule has 0 N–H and O–H groups in total. The van der Waals surface area contributed by atoms with Crippen LogP contribution in [0.5, 0.6) is 11.5 Å². The van der Waals surface area contributed by atoms with Gasteiger partial charge in [0.25, 0.3) is 0 Å². The molecule has 0 amide bonds. The molecular weight excluding hydrogens is 825 g/mol. The third-order valence-electron chi connectivity index (χ3n) is 12.7. The summed E-state index contributed by atoms with van der Waals surface area (Å²) < 4.78 is 12.7. The van der Waals surface area contributed by atoms with E-state index in [1.54, 1.807) is 0 Å². The number of allylic oxidation sites excluding steroid dienone is 8. The number of benzene rings is 8. The summed E-state index contributed by atoms with van der Waals surface area (Å²) in [5, 5.41) is 0. The molecule has 0 radical (unpaired) electrons. The van der Waals surface area contributed by atoms with E-state index in [4.69, 9.17) is 9.47 Å². The molecule has 0 saturated carbocycles. The molecule has 8 aromatic rings. The number of carbonyl (C=O) groups excluding carboxylic acids is 3. The highest BCUT2D eigenvalue weighted by atomic mass is 16.5. The van der Waals surface area contributed by atoms with E-state index in [0.29, 0.717) is 40.2 Å². The fourth-order valence-electron chi connectivity index (χ4n) is 9.74. The van der Waals surface area contributed by atoms with Gasteiger partial charge in [-0.3, -0.25) is 14.4 Å². The Morgan fingerprint density at radius 2 is 0.672 bits per heavy atom. The summed E-state index contributed by atoms with van der Waals surface area (Å²) in [5.74, 6) is 0.766. The molecule has 1 fully saturated rings. The number of hydrogen-bond acceptors (Lipinski definition) is 5. The van der Waals surface area contributed by atoms with Crippen LogP contribution >= 0.6 is 0 Å². The van der Waals surface area contributed by atoms with Gasteiger partial charge in [-0.1, -0.05) is 200 Å². The molecule has 2 aliphatic carbocycles. The Labute approximate surface area is 389 Å². The van der Waals surface area contributed by atoms with E-state index in [2.05, 4.69) is 12.1 Å². The minimum absolute atomic E-state index is 0.0255. The van der Waals surface area contributed by atoms with Crippen molar-refractivity contribution in [2.45, 2.75) is 18.9 Å². The molecule has 3 aliphatic rings. The summed E-state index contributed by atoms with van der Waals surface area (Å²) in [4.78, 5) is 42.7. The van der Waals surface area contributed by atoms with E-state index in [-0.39, 0.29) is 24.0 Å². The summed E-state index contributed by atoms with van der Waals surface area (Å²) >= 11 is 0. The summed E-state index contributed by atoms with van der Waals surface area (Å²) in [6, 6.07) is 73.2. The lowest BCUT2D eigenvalue weighted by Gasteiger charge is -2.21. The lowest BCUT2D eigenvalue weighted by Crippen LogP contribution is -2.05. The second-order valence-corrected chi connectivity index (χ2v) is 16.7. The first kappa shape index (κ1) is 41.1. The minimum atomic E-state index is -0.559. The zero-order valence-electron chi connectivity index (χ0n) is 36.4. The van der Waals surface area contributed by atoms with Gasteiger partial charge in [-0.2, -0.15) is 0 Å². The average Bonchev–Trinajstić information content (AvgIpc) is 4.06. The maximum atomic E-state index is 15.0. The molecule has 11 rings (SSSR count). The van der Waals surface area contributed by atoms with Crippen LogP contribution in [0.25, 0.3) is 44.6 Å². The van der Waals surface area contributed by atoms with Crippen LogP contribution in [0.1, 0.15) is 69.0 Å². The standard InChI is InChI=1S/C62H42O5/c63-52-38-37-51(67-52)50-39-48(35-36-49(50)60-55(41-21-9-2-10-22-41)58(44-27-15-5-16-28-44)62(65)59(60)45-29-17-6-18-30-45)66-47-33-31-46(32-34-47)54-53(40-19-7-1-8-20-40)56(42-23-11-3-12-24-42)61(64)57(54)43-25-13-4-14-26-43/h1-36,39,51H,37-38H2. The lowest BCUT2D eigenvalue weighted by molar-refractivity contribution is -0.141. The maximum Gasteiger partial charge on any atom is 0.306 e. The van der Waals surface area contributed by atoms with Gasteiger partial charge in [-0.15, -0.1) is 0 Å². The zero-order valence-corrected chi connectivity index (χ0v) is 36.4. The third kappa shape index (κ3) is 7.66. The van der Waals surface area contributed by atoms with E-state index in [0.717, 1.165) is 72.4 Å². The quantitative estimate of drug-likeness (QED) is 0.121. The Hall–Kier alpha value is -8.67. The van der Waals surface area contributed by atoms with Gasteiger partial charge in [0.15, 0.2) is 11.6 Å². The van der Waals surface area contributed by atoms with Gasteiger partial charge in [0.05, 0.1) is 0 Å². The normalized spacial score (nSPS) is 16.1. The fourth-order valence-corrected chi connectivity index (χ4v) is 9.74. The number of carbonyl (C=O) groups is 3. The van der Waals surface area contributed by atoms with Gasteiger partial charge in [-0.25, -0.2) is 0 Å². The lowest BCUT2D eigenvalue weighted by atomic mass is 9.85. The van der Waals surface area contributed by atoms with Crippen molar-refractivity contribution < 1.29 is 23.9 Å². The topological polar surface area (TPSA) is 69.7 Å². The van der Waals surface area contributed by atoms with Gasteiger partial charge in [0.2, 0.25) is 0 Å². The van der Waals surface area contributed by atoms with Gasteiger partial charge in [0, 0.05) is 56.6 Å². The van der Waals surface area contributed by atoms with Crippen LogP contribution < -0.4 is 4.74 Å². The monoisotopic (exact) mass is 866 g/mol. The van der Waals surface area contributed by atoms with Crippen molar-refractivity contribution in [3.05, 3.63) is 275 Å². The molecule has 5 heteroatoms. The van der Waals surface area contributed by atoms with Gasteiger partial charge >= 0.3 is 5.97 Å². The molecule has 0 spiro atoms. The van der Waals surface area contributed by atoms with E-state index < -0.39 is 6.10 Å². The van der Waals surface area contributed by atoms with Gasteiger partial charge in [-0.05, 0) is 75.2 Å². The van der Waals surface area contributed by atoms with Crippen molar-refractivity contribution in [3.63, 3.8) is 0 Å². The van der Waals surface area contributed by atoms with Crippen molar-refractivity contribution in [3.8, 4) is 11.5 Å². The second kappa shape index (κ2) is 17.7. The smallest absolute Gasteiger partial charge is 0.306 e. The van der Waals surface area contributed by atoms with Gasteiger partial charge < -0.3 is 9.47 Å². The predicted octanol–water partition coefficient (Wildman–Crippen LogP) is 14.1. The molecule has 320 valence electrons. The van der Waals surface area contributed by atoms with Gasteiger partial charge in [0.1, 0.15) is 17.6 Å². The van der Waals surface area contributed by atoms with Crippen molar-refractivity contribution in [2.24, 2.45) is 0 Å². The highest BCUT2D eigenvalue weighted by molar-refractivity contribution is 6.60. The number of rotatable bonds is 11. The molecule has 0 bridgehead atoms. The van der Waals surface area contributed by atoms with Crippen LogP contribution in [0, 0.1) is 0 Å². The summed E-state index contributed by atoms with van der Waals surface area (Å²) in [5.41, 5.74) is 13.4. The molecule has 1 aliphatic heterocycles. The van der Waals surface area contributed by atoms with Crippen LogP contribution in [0.4, 0.5) is 0 Å². The third-order valence-corrected chi connectivity index (χ3v) is 12.7. The number of esters is 1. The molecule has 1 unspecified atom stereocenters. The van der Waals surface area contributed by atoms with E-state index in [1.165, 1.54) is 0 Å². The fraction of sp³-hybridized carbons (Fsp3) is 0.0484. The first-order chi connectivity index (χ1) is 33.0. The van der Waals surface area contributed by atoms with Crippen LogP contribution in [-0.2, 0) is 19.1 Å². The maximum absolute atomic E-state index is 15.0. The molecule has 1 heterocycles. The Morgan fingerprint density at radius 3 is 1.04 bits per heavy atom. The van der Waals surface area contributed by atoms with E-state index >= 15 is 4.79 Å². The Morgan fingerprint density at radius 1 is 0.343 bits per heavy atom. The molecule has 1 saturated heterocycles. The number of ether oxygens (including phenoxy) is 2. The largest absolute Gasteiger partial charge is 0.457 e. The molecule has 1 atom stereocenters. The number of Topliss-reactive ketones (excluding diaryl/α,β-unsaturated/α-hetero) is 2. The highest BCUT2D eigenvalue weighted by Crippen LogP contribution is 2.53. The van der Waals surface area contributed by atoms with Crippen molar-refractivity contribution in [1.29, 1.82) is 0 Å². The number of cyclic esters (lactones) is 1. The molecular formula is C62H42O5. The van der Waals surface area contributed by atoms with Crippen molar-refractivity contribution in [2.75, 3.05) is 0 Å². The molecule has 5 nitrogen and oxygen atoms in total. The predicted molar refractivity (Wildman–Crippen MR) is 267 cm³/mol. The minimum Gasteiger partial charge on any atom is -0.457 e. The summed E-state index contributed by atoms with van der Waals surface area (Å²) in [6.45, 7) is 0. The molecule has 0 aromatic heterocycles. The van der Waals surface area contributed by atoms with E-state index in [9.17, 15) is 9.59 Å². The number of ketones is 2. The van der Waals surface area contributed by atoms with Crippen LogP contribution in [0.2, 0.25) is 0 Å². The summed E-state index contributed by atoms with van der Waals surface area (Å²) in [7, 11) is 0. The molecule has 67 heavy (non-hydrogen) atoms.